The number of aliphatic hydroxyl groups excluding tert-OH is 1. The van der Waals surface area contributed by atoms with Gasteiger partial charge in [0.05, 0.1) is 6.10 Å². The molecule has 0 radical (unpaired) electrons. The van der Waals surface area contributed by atoms with Gasteiger partial charge in [0.2, 0.25) is 0 Å². The van der Waals surface area contributed by atoms with Crippen LogP contribution in [0.5, 0.6) is 0 Å². The van der Waals surface area contributed by atoms with Crippen molar-refractivity contribution in [2.75, 3.05) is 24.6 Å². The Labute approximate surface area is 121 Å². The van der Waals surface area contributed by atoms with Crippen LogP contribution >= 0.6 is 11.8 Å². The van der Waals surface area contributed by atoms with Crippen molar-refractivity contribution >= 4 is 11.8 Å². The van der Waals surface area contributed by atoms with Gasteiger partial charge < -0.3 is 5.11 Å². The Morgan fingerprint density at radius 1 is 1.37 bits per heavy atom. The molecule has 2 rings (SSSR count). The highest BCUT2D eigenvalue weighted by molar-refractivity contribution is 7.99. The summed E-state index contributed by atoms with van der Waals surface area (Å²) in [5.74, 6) is 2.42. The van der Waals surface area contributed by atoms with Crippen molar-refractivity contribution in [1.29, 1.82) is 0 Å². The molecule has 19 heavy (non-hydrogen) atoms. The van der Waals surface area contributed by atoms with Crippen LogP contribution in [-0.4, -0.2) is 40.6 Å². The van der Waals surface area contributed by atoms with Crippen LogP contribution in [0.2, 0.25) is 0 Å². The third-order valence-electron chi connectivity index (χ3n) is 3.97. The number of thioether (sulfide) groups is 1. The molecule has 0 aromatic heterocycles. The van der Waals surface area contributed by atoms with Crippen molar-refractivity contribution in [2.45, 2.75) is 32.9 Å². The van der Waals surface area contributed by atoms with Gasteiger partial charge in [-0.15, -0.1) is 0 Å². The molecule has 1 aromatic carbocycles. The summed E-state index contributed by atoms with van der Waals surface area (Å²) in [7, 11) is 0. The maximum Gasteiger partial charge on any atom is 0.0853 e. The van der Waals surface area contributed by atoms with Gasteiger partial charge in [0.15, 0.2) is 0 Å². The smallest absolute Gasteiger partial charge is 0.0853 e. The molecule has 0 saturated carbocycles. The van der Waals surface area contributed by atoms with Gasteiger partial charge in [0, 0.05) is 36.1 Å². The first-order valence-electron chi connectivity index (χ1n) is 7.05. The fraction of sp³-hybridized carbons (Fsp3) is 0.625. The van der Waals surface area contributed by atoms with Gasteiger partial charge in [0.25, 0.3) is 0 Å². The van der Waals surface area contributed by atoms with E-state index in [-0.39, 0.29) is 5.41 Å². The predicted molar refractivity (Wildman–Crippen MR) is 83.5 cm³/mol. The third kappa shape index (κ3) is 3.74. The zero-order valence-corrected chi connectivity index (χ0v) is 13.0. The second-order valence-corrected chi connectivity index (χ2v) is 7.35. The molecule has 2 unspecified atom stereocenters. The average Bonchev–Trinajstić information content (AvgIpc) is 2.41. The lowest BCUT2D eigenvalue weighted by atomic mass is 9.82. The molecule has 1 heterocycles. The fourth-order valence-corrected chi connectivity index (χ4v) is 3.78. The molecule has 1 aliphatic heterocycles. The van der Waals surface area contributed by atoms with E-state index in [2.05, 4.69) is 25.7 Å². The Kier molecular flexibility index (Phi) is 4.93. The molecule has 0 amide bonds. The van der Waals surface area contributed by atoms with E-state index >= 15 is 0 Å². The van der Waals surface area contributed by atoms with Gasteiger partial charge in [0.1, 0.15) is 0 Å². The van der Waals surface area contributed by atoms with E-state index < -0.39 is 6.10 Å². The zero-order chi connectivity index (χ0) is 13.9. The van der Waals surface area contributed by atoms with Gasteiger partial charge in [-0.3, -0.25) is 4.90 Å². The molecule has 1 aliphatic rings. The van der Waals surface area contributed by atoms with Gasteiger partial charge in [-0.25, -0.2) is 0 Å². The van der Waals surface area contributed by atoms with Crippen molar-refractivity contribution in [1.82, 2.24) is 4.90 Å². The lowest BCUT2D eigenvalue weighted by molar-refractivity contribution is 0.0141. The van der Waals surface area contributed by atoms with E-state index in [0.717, 1.165) is 18.7 Å². The van der Waals surface area contributed by atoms with Gasteiger partial charge in [-0.05, 0) is 12.5 Å². The van der Waals surface area contributed by atoms with Crippen LogP contribution in [0.3, 0.4) is 0 Å². The molecule has 1 N–H and O–H groups in total. The first kappa shape index (κ1) is 14.9. The topological polar surface area (TPSA) is 23.5 Å². The first-order chi connectivity index (χ1) is 9.00. The second kappa shape index (κ2) is 6.29. The van der Waals surface area contributed by atoms with Crippen LogP contribution < -0.4 is 0 Å². The number of benzene rings is 1. The quantitative estimate of drug-likeness (QED) is 0.915. The Morgan fingerprint density at radius 3 is 2.68 bits per heavy atom. The normalized spacial score (nSPS) is 23.3. The molecule has 2 nitrogen and oxygen atoms in total. The van der Waals surface area contributed by atoms with E-state index in [4.69, 9.17) is 0 Å². The monoisotopic (exact) mass is 279 g/mol. The van der Waals surface area contributed by atoms with Crippen LogP contribution in [0.1, 0.15) is 32.4 Å². The molecule has 1 saturated heterocycles. The Bertz CT molecular complexity index is 393. The van der Waals surface area contributed by atoms with E-state index in [1.807, 2.05) is 42.1 Å². The second-order valence-electron chi connectivity index (χ2n) is 6.20. The number of hydrogen-bond donors (Lipinski definition) is 1. The van der Waals surface area contributed by atoms with Crippen LogP contribution in [0.15, 0.2) is 30.3 Å². The van der Waals surface area contributed by atoms with Crippen LogP contribution in [-0.2, 0) is 0 Å². The molecule has 1 aromatic rings. The number of aliphatic hydroxyl groups is 1. The van der Waals surface area contributed by atoms with Crippen LogP contribution in [0.4, 0.5) is 0 Å². The molecule has 0 spiro atoms. The summed E-state index contributed by atoms with van der Waals surface area (Å²) in [6, 6.07) is 10.6. The summed E-state index contributed by atoms with van der Waals surface area (Å²) >= 11 is 2.03. The minimum Gasteiger partial charge on any atom is -0.388 e. The molecule has 3 heteroatoms. The molecular weight excluding hydrogens is 254 g/mol. The molecule has 1 fully saturated rings. The summed E-state index contributed by atoms with van der Waals surface area (Å²) in [5, 5.41) is 10.6. The van der Waals surface area contributed by atoms with Gasteiger partial charge >= 0.3 is 0 Å². The summed E-state index contributed by atoms with van der Waals surface area (Å²) in [6.07, 6.45) is -0.407. The van der Waals surface area contributed by atoms with Crippen molar-refractivity contribution < 1.29 is 5.11 Å². The first-order valence-corrected chi connectivity index (χ1v) is 8.21. The molecule has 106 valence electrons. The standard InChI is InChI=1S/C16H25NOS/c1-13-11-19-10-9-17(13)12-16(2,3)15(18)14-7-5-4-6-8-14/h4-8,13,15,18H,9-12H2,1-3H3. The summed E-state index contributed by atoms with van der Waals surface area (Å²) in [4.78, 5) is 2.52. The minimum atomic E-state index is -0.407. The molecule has 0 bridgehead atoms. The maximum absolute atomic E-state index is 10.6. The third-order valence-corrected chi connectivity index (χ3v) is 5.16. The predicted octanol–water partition coefficient (Wildman–Crippen LogP) is 3.18. The van der Waals surface area contributed by atoms with Crippen LogP contribution in [0.25, 0.3) is 0 Å². The number of hydrogen-bond acceptors (Lipinski definition) is 3. The molecule has 2 atom stereocenters. The SMILES string of the molecule is CC1CSCCN1CC(C)(C)C(O)c1ccccc1. The van der Waals surface area contributed by atoms with Crippen molar-refractivity contribution in [3.05, 3.63) is 35.9 Å². The van der Waals surface area contributed by atoms with E-state index in [1.165, 1.54) is 11.5 Å². The van der Waals surface area contributed by atoms with Crippen molar-refractivity contribution in [2.24, 2.45) is 5.41 Å². The van der Waals surface area contributed by atoms with E-state index in [9.17, 15) is 5.11 Å². The van der Waals surface area contributed by atoms with Crippen molar-refractivity contribution in [3.8, 4) is 0 Å². The van der Waals surface area contributed by atoms with Gasteiger partial charge in [-0.1, -0.05) is 44.2 Å². The lowest BCUT2D eigenvalue weighted by Gasteiger charge is -2.41. The van der Waals surface area contributed by atoms with Crippen molar-refractivity contribution in [3.63, 3.8) is 0 Å². The summed E-state index contributed by atoms with van der Waals surface area (Å²) < 4.78 is 0. The Morgan fingerprint density at radius 2 is 2.05 bits per heavy atom. The number of rotatable bonds is 4. The number of nitrogens with zero attached hydrogens (tertiary/aromatic N) is 1. The fourth-order valence-electron chi connectivity index (χ4n) is 2.69. The highest BCUT2D eigenvalue weighted by Gasteiger charge is 2.33. The zero-order valence-electron chi connectivity index (χ0n) is 12.2. The minimum absolute atomic E-state index is 0.127. The van der Waals surface area contributed by atoms with Crippen LogP contribution in [0, 0.1) is 5.41 Å². The molecule has 0 aliphatic carbocycles. The highest BCUT2D eigenvalue weighted by atomic mass is 32.2. The summed E-state index contributed by atoms with van der Waals surface area (Å²) in [5.41, 5.74) is 0.893. The average molecular weight is 279 g/mol. The summed E-state index contributed by atoms with van der Waals surface area (Å²) in [6.45, 7) is 8.71. The maximum atomic E-state index is 10.6. The largest absolute Gasteiger partial charge is 0.388 e. The lowest BCUT2D eigenvalue weighted by Crippen LogP contribution is -2.46. The van der Waals surface area contributed by atoms with E-state index in [0.29, 0.717) is 6.04 Å². The van der Waals surface area contributed by atoms with E-state index in [1.54, 1.807) is 0 Å². The Hall–Kier alpha value is -0.510. The Balaban J connectivity index is 2.04. The highest BCUT2D eigenvalue weighted by Crippen LogP contribution is 2.35. The molecular formula is C16H25NOS. The van der Waals surface area contributed by atoms with Gasteiger partial charge in [-0.2, -0.15) is 11.8 Å².